The second-order valence-corrected chi connectivity index (χ2v) is 2.07. The number of allylic oxidation sites excluding steroid dienone is 1. The molecule has 0 atom stereocenters. The molecule has 0 aromatic carbocycles. The first-order valence-electron chi connectivity index (χ1n) is 1.32. The molecule has 0 aromatic rings. The molecule has 1 radical (unpaired) electrons. The maximum absolute atomic E-state index is 11.2. The molecule has 0 aliphatic heterocycles. The van der Waals surface area contributed by atoms with E-state index in [2.05, 4.69) is 0 Å². The average Bonchev–Trinajstić information content (AvgIpc) is 1.65. The normalized spacial score (nSPS) is 13.0. The van der Waals surface area contributed by atoms with Gasteiger partial charge in [-0.1, -0.05) is 34.8 Å². The van der Waals surface area contributed by atoms with Gasteiger partial charge < -0.3 is 0 Å². The Morgan fingerprint density at radius 3 is 1.71 bits per heavy atom. The number of hydrogen-bond donors (Lipinski definition) is 0. The van der Waals surface area contributed by atoms with Gasteiger partial charge in [0, 0.05) is 0 Å². The van der Waals surface area contributed by atoms with E-state index < -0.39 is 0 Å². The number of rotatable bonds is 1. The Labute approximate surface area is 55.9 Å². The largest absolute Gasteiger partial charge is 0.214 e. The van der Waals surface area contributed by atoms with Crippen molar-refractivity contribution in [3.05, 3.63) is 16.2 Å². The molecule has 0 amide bonds. The van der Waals surface area contributed by atoms with E-state index in [4.69, 9.17) is 34.8 Å². The molecule has 41 valence electrons. The van der Waals surface area contributed by atoms with Gasteiger partial charge in [-0.3, -0.25) is 0 Å². The smallest absolute Gasteiger partial charge is 0.193 e. The van der Waals surface area contributed by atoms with Gasteiger partial charge in [-0.05, 0) is 0 Å². The Kier molecular flexibility index (Phi) is 3.80. The first-order valence-corrected chi connectivity index (χ1v) is 2.46. The average molecular weight is 162 g/mol. The van der Waals surface area contributed by atoms with Crippen molar-refractivity contribution in [1.82, 2.24) is 0 Å². The molecular formula is C3HCl3F. The molecule has 0 fully saturated rings. The fraction of sp³-hybridized carbons (Fsp3) is 0. The van der Waals surface area contributed by atoms with Gasteiger partial charge in [-0.2, -0.15) is 0 Å². The van der Waals surface area contributed by atoms with E-state index in [1.54, 1.807) is 0 Å². The highest BCUT2D eigenvalue weighted by Gasteiger charge is 2.03. The van der Waals surface area contributed by atoms with Gasteiger partial charge in [-0.25, -0.2) is 4.39 Å². The topological polar surface area (TPSA) is 0 Å². The summed E-state index contributed by atoms with van der Waals surface area (Å²) in [5.41, 5.74) is 0. The van der Waals surface area contributed by atoms with Crippen molar-refractivity contribution in [2.24, 2.45) is 0 Å². The standard InChI is InChI=1S/C3HCl3F/c4-2(1-7)3(5)6/h1H/b2-1-. The summed E-state index contributed by atoms with van der Waals surface area (Å²) in [4.78, 5) is -0.260. The van der Waals surface area contributed by atoms with Crippen molar-refractivity contribution in [2.75, 3.05) is 0 Å². The van der Waals surface area contributed by atoms with E-state index in [1.165, 1.54) is 0 Å². The van der Waals surface area contributed by atoms with E-state index in [0.29, 0.717) is 0 Å². The second-order valence-electron chi connectivity index (χ2n) is 0.717. The molecule has 0 aliphatic rings. The van der Waals surface area contributed by atoms with Gasteiger partial charge >= 0.3 is 0 Å². The Hall–Kier alpha value is 0.540. The van der Waals surface area contributed by atoms with Crippen LogP contribution in [0, 0.1) is 4.84 Å². The Morgan fingerprint density at radius 2 is 1.71 bits per heavy atom. The zero-order chi connectivity index (χ0) is 5.86. The maximum Gasteiger partial charge on any atom is 0.193 e. The molecule has 0 N–H and O–H groups in total. The summed E-state index contributed by atoms with van der Waals surface area (Å²) >= 11 is 14.9. The van der Waals surface area contributed by atoms with Crippen LogP contribution in [0.15, 0.2) is 11.4 Å². The molecule has 0 unspecified atom stereocenters. The monoisotopic (exact) mass is 161 g/mol. The van der Waals surface area contributed by atoms with Gasteiger partial charge in [0.15, 0.2) is 4.84 Å². The third-order valence-electron chi connectivity index (χ3n) is 0.276. The third kappa shape index (κ3) is 3.15. The van der Waals surface area contributed by atoms with Crippen molar-refractivity contribution >= 4 is 34.8 Å². The Balaban J connectivity index is 3.56. The first kappa shape index (κ1) is 7.54. The fourth-order valence-corrected chi connectivity index (χ4v) is 0.124. The van der Waals surface area contributed by atoms with Crippen LogP contribution in [-0.4, -0.2) is 0 Å². The van der Waals surface area contributed by atoms with Crippen LogP contribution in [0.4, 0.5) is 4.39 Å². The zero-order valence-corrected chi connectivity index (χ0v) is 5.36. The predicted octanol–water partition coefficient (Wildman–Crippen LogP) is 3.00. The highest BCUT2D eigenvalue weighted by molar-refractivity contribution is 6.59. The van der Waals surface area contributed by atoms with Gasteiger partial charge in [-0.15, -0.1) is 0 Å². The SMILES string of the molecule is F/C=C(\Cl)[C](Cl)Cl. The molecule has 4 heteroatoms. The van der Waals surface area contributed by atoms with Gasteiger partial charge in [0.2, 0.25) is 0 Å². The van der Waals surface area contributed by atoms with Crippen molar-refractivity contribution in [1.29, 1.82) is 0 Å². The van der Waals surface area contributed by atoms with Crippen LogP contribution in [0.5, 0.6) is 0 Å². The summed E-state index contributed by atoms with van der Waals surface area (Å²) < 4.78 is 11.2. The molecule has 0 aliphatic carbocycles. The molecule has 0 bridgehead atoms. The van der Waals surface area contributed by atoms with Crippen LogP contribution in [0.2, 0.25) is 0 Å². The quantitative estimate of drug-likeness (QED) is 0.556. The van der Waals surface area contributed by atoms with Crippen LogP contribution in [-0.2, 0) is 0 Å². The molecule has 0 saturated heterocycles. The minimum atomic E-state index is -0.275. The number of hydrogen-bond acceptors (Lipinski definition) is 0. The lowest BCUT2D eigenvalue weighted by atomic mass is 10.7. The van der Waals surface area contributed by atoms with Crippen molar-refractivity contribution in [3.8, 4) is 0 Å². The highest BCUT2D eigenvalue weighted by Crippen LogP contribution is 2.25. The summed E-state index contributed by atoms with van der Waals surface area (Å²) in [6, 6.07) is 0. The van der Waals surface area contributed by atoms with E-state index >= 15 is 0 Å². The van der Waals surface area contributed by atoms with E-state index in [-0.39, 0.29) is 16.2 Å². The van der Waals surface area contributed by atoms with Crippen LogP contribution in [0.25, 0.3) is 0 Å². The summed E-state index contributed by atoms with van der Waals surface area (Å²) in [7, 11) is 0. The lowest BCUT2D eigenvalue weighted by Gasteiger charge is -1.88. The zero-order valence-electron chi connectivity index (χ0n) is 3.09. The van der Waals surface area contributed by atoms with E-state index in [0.717, 1.165) is 0 Å². The van der Waals surface area contributed by atoms with Crippen LogP contribution in [0.1, 0.15) is 0 Å². The molecule has 0 aromatic heterocycles. The summed E-state index contributed by atoms with van der Waals surface area (Å²) in [6.45, 7) is 0. The predicted molar refractivity (Wildman–Crippen MR) is 30.0 cm³/mol. The molecule has 0 saturated carbocycles. The van der Waals surface area contributed by atoms with Crippen molar-refractivity contribution in [2.45, 2.75) is 0 Å². The lowest BCUT2D eigenvalue weighted by Crippen LogP contribution is -1.69. The minimum Gasteiger partial charge on any atom is -0.214 e. The summed E-state index contributed by atoms with van der Waals surface area (Å²) in [6.07, 6.45) is 0.122. The lowest BCUT2D eigenvalue weighted by molar-refractivity contribution is 0.718. The van der Waals surface area contributed by atoms with E-state index in [9.17, 15) is 4.39 Å². The Bertz CT molecular complexity index is 78.2. The molecule has 0 heterocycles. The van der Waals surface area contributed by atoms with E-state index in [1.807, 2.05) is 0 Å². The van der Waals surface area contributed by atoms with Gasteiger partial charge in [0.25, 0.3) is 0 Å². The van der Waals surface area contributed by atoms with Gasteiger partial charge in [0.05, 0.1) is 5.03 Å². The van der Waals surface area contributed by atoms with Gasteiger partial charge in [0.1, 0.15) is 6.33 Å². The first-order chi connectivity index (χ1) is 3.18. The summed E-state index contributed by atoms with van der Waals surface area (Å²) in [5, 5.41) is -0.275. The molecule has 7 heavy (non-hydrogen) atoms. The second kappa shape index (κ2) is 3.53. The van der Waals surface area contributed by atoms with Crippen molar-refractivity contribution in [3.63, 3.8) is 0 Å². The third-order valence-corrected chi connectivity index (χ3v) is 1.15. The van der Waals surface area contributed by atoms with Crippen LogP contribution >= 0.6 is 34.8 Å². The molecular weight excluding hydrogens is 161 g/mol. The Morgan fingerprint density at radius 1 is 1.29 bits per heavy atom. The van der Waals surface area contributed by atoms with Crippen LogP contribution in [0.3, 0.4) is 0 Å². The minimum absolute atomic E-state index is 0.122. The number of halogens is 4. The molecule has 0 spiro atoms. The molecule has 0 nitrogen and oxygen atoms in total. The molecule has 0 rings (SSSR count). The van der Waals surface area contributed by atoms with Crippen LogP contribution < -0.4 is 0 Å². The highest BCUT2D eigenvalue weighted by atomic mass is 35.5. The van der Waals surface area contributed by atoms with Crippen molar-refractivity contribution < 1.29 is 4.39 Å². The summed E-state index contributed by atoms with van der Waals surface area (Å²) in [5.74, 6) is 0. The maximum atomic E-state index is 11.2. The fourth-order valence-electron chi connectivity index (χ4n) is 0.0412.